The summed E-state index contributed by atoms with van der Waals surface area (Å²) in [4.78, 5) is 13.1. The summed E-state index contributed by atoms with van der Waals surface area (Å²) < 4.78 is 6.33. The van der Waals surface area contributed by atoms with E-state index in [9.17, 15) is 4.79 Å². The number of amides is 1. The lowest BCUT2D eigenvalue weighted by atomic mass is 10.1. The number of hydrogen-bond donors (Lipinski definition) is 1. The third-order valence-corrected chi connectivity index (χ3v) is 5.02. The Hall–Kier alpha value is -1.97. The molecule has 4 nitrogen and oxygen atoms in total. The number of nitrogens with one attached hydrogen (secondary N) is 1. The van der Waals surface area contributed by atoms with E-state index < -0.39 is 0 Å². The lowest BCUT2D eigenvalue weighted by molar-refractivity contribution is -0.122. The molecule has 0 aliphatic rings. The molecule has 0 fully saturated rings. The average molecular weight is 419 g/mol. The summed E-state index contributed by atoms with van der Waals surface area (Å²) in [5, 5.41) is 11.7. The van der Waals surface area contributed by atoms with Crippen molar-refractivity contribution in [1.82, 2.24) is 5.32 Å². The van der Waals surface area contributed by atoms with Crippen molar-refractivity contribution in [2.45, 2.75) is 18.2 Å². The van der Waals surface area contributed by atoms with Gasteiger partial charge in [-0.3, -0.25) is 4.79 Å². The fourth-order valence-corrected chi connectivity index (χ4v) is 3.41. The van der Waals surface area contributed by atoms with E-state index in [4.69, 9.17) is 10.00 Å². The molecule has 25 heavy (non-hydrogen) atoms. The molecule has 0 radical (unpaired) electrons. The zero-order valence-corrected chi connectivity index (χ0v) is 16.3. The van der Waals surface area contributed by atoms with Gasteiger partial charge >= 0.3 is 0 Å². The molecular weight excluding hydrogens is 400 g/mol. The van der Waals surface area contributed by atoms with Crippen LogP contribution in [0.5, 0.6) is 5.75 Å². The number of aryl methyl sites for hydroxylation is 1. The second-order valence-electron chi connectivity index (χ2n) is 5.36. The molecule has 1 amide bonds. The SMILES string of the molecule is Cc1ccc(SCCNC(=O)COc2c(Br)cccc2CC#N)cc1. The van der Waals surface area contributed by atoms with Gasteiger partial charge in [0.2, 0.25) is 0 Å². The Morgan fingerprint density at radius 1 is 1.28 bits per heavy atom. The van der Waals surface area contributed by atoms with Crippen LogP contribution in [0.1, 0.15) is 11.1 Å². The molecule has 0 saturated carbocycles. The van der Waals surface area contributed by atoms with E-state index in [1.165, 1.54) is 10.5 Å². The van der Waals surface area contributed by atoms with Gasteiger partial charge in [0.05, 0.1) is 17.0 Å². The molecule has 0 aliphatic heterocycles. The van der Waals surface area contributed by atoms with Crippen LogP contribution in [0.15, 0.2) is 51.8 Å². The Bertz CT molecular complexity index is 757. The minimum atomic E-state index is -0.178. The normalized spacial score (nSPS) is 10.1. The summed E-state index contributed by atoms with van der Waals surface area (Å²) in [5.74, 6) is 1.17. The van der Waals surface area contributed by atoms with Gasteiger partial charge in [0.25, 0.3) is 5.91 Å². The standard InChI is InChI=1S/C19H19BrN2O2S/c1-14-5-7-16(8-6-14)25-12-11-22-18(23)13-24-19-15(9-10-21)3-2-4-17(19)20/h2-8H,9,11-13H2,1H3,(H,22,23). The molecule has 2 rings (SSSR count). The number of halogens is 1. The number of hydrogen-bond acceptors (Lipinski definition) is 4. The quantitative estimate of drug-likeness (QED) is 0.517. The fourth-order valence-electron chi connectivity index (χ4n) is 2.12. The Labute approximate surface area is 160 Å². The van der Waals surface area contributed by atoms with Gasteiger partial charge in [-0.25, -0.2) is 0 Å². The van der Waals surface area contributed by atoms with Gasteiger partial charge in [-0.2, -0.15) is 5.26 Å². The van der Waals surface area contributed by atoms with Crippen molar-refractivity contribution in [3.05, 3.63) is 58.1 Å². The highest BCUT2D eigenvalue weighted by atomic mass is 79.9. The molecule has 130 valence electrons. The monoisotopic (exact) mass is 418 g/mol. The molecular formula is C19H19BrN2O2S. The van der Waals surface area contributed by atoms with Crippen LogP contribution in [0.3, 0.4) is 0 Å². The van der Waals surface area contributed by atoms with Gasteiger partial charge in [0, 0.05) is 22.8 Å². The third-order valence-electron chi connectivity index (χ3n) is 3.38. The predicted molar refractivity (Wildman–Crippen MR) is 104 cm³/mol. The topological polar surface area (TPSA) is 62.1 Å². The van der Waals surface area contributed by atoms with Crippen molar-refractivity contribution >= 4 is 33.6 Å². The highest BCUT2D eigenvalue weighted by Gasteiger charge is 2.10. The largest absolute Gasteiger partial charge is 0.482 e. The Balaban J connectivity index is 1.74. The maximum absolute atomic E-state index is 11.9. The third kappa shape index (κ3) is 6.45. The fraction of sp³-hybridized carbons (Fsp3) is 0.263. The molecule has 6 heteroatoms. The molecule has 0 aromatic heterocycles. The summed E-state index contributed by atoms with van der Waals surface area (Å²) in [6.45, 7) is 2.56. The summed E-state index contributed by atoms with van der Waals surface area (Å²) in [6, 6.07) is 15.9. The van der Waals surface area contributed by atoms with Crippen LogP contribution in [0.4, 0.5) is 0 Å². The second-order valence-corrected chi connectivity index (χ2v) is 7.39. The van der Waals surface area contributed by atoms with Crippen molar-refractivity contribution in [2.75, 3.05) is 18.9 Å². The number of ether oxygens (including phenoxy) is 1. The summed E-state index contributed by atoms with van der Waals surface area (Å²) in [7, 11) is 0. The van der Waals surface area contributed by atoms with Gasteiger partial charge in [-0.05, 0) is 41.1 Å². The molecule has 0 atom stereocenters. The first-order chi connectivity index (χ1) is 12.1. The van der Waals surface area contributed by atoms with Gasteiger partial charge < -0.3 is 10.1 Å². The lowest BCUT2D eigenvalue weighted by Gasteiger charge is -2.12. The number of para-hydroxylation sites is 1. The van der Waals surface area contributed by atoms with Crippen LogP contribution < -0.4 is 10.1 Å². The van der Waals surface area contributed by atoms with Crippen LogP contribution in [0, 0.1) is 18.3 Å². The van der Waals surface area contributed by atoms with Gasteiger partial charge in [-0.1, -0.05) is 29.8 Å². The number of carbonyl (C=O) groups excluding carboxylic acids is 1. The first-order valence-electron chi connectivity index (χ1n) is 7.83. The Kier molecular flexibility index (Phi) is 7.83. The van der Waals surface area contributed by atoms with Crippen LogP contribution in [0.2, 0.25) is 0 Å². The van der Waals surface area contributed by atoms with Gasteiger partial charge in [-0.15, -0.1) is 11.8 Å². The molecule has 1 N–H and O–H groups in total. The van der Waals surface area contributed by atoms with Crippen LogP contribution in [-0.4, -0.2) is 24.8 Å². The molecule has 0 heterocycles. The van der Waals surface area contributed by atoms with Crippen molar-refractivity contribution in [3.8, 4) is 11.8 Å². The van der Waals surface area contributed by atoms with E-state index in [2.05, 4.69) is 58.5 Å². The van der Waals surface area contributed by atoms with E-state index in [1.807, 2.05) is 18.2 Å². The Morgan fingerprint density at radius 3 is 2.76 bits per heavy atom. The molecule has 0 spiro atoms. The van der Waals surface area contributed by atoms with Crippen molar-refractivity contribution in [3.63, 3.8) is 0 Å². The number of benzene rings is 2. The number of rotatable bonds is 8. The van der Waals surface area contributed by atoms with Crippen molar-refractivity contribution in [1.29, 1.82) is 5.26 Å². The smallest absolute Gasteiger partial charge is 0.257 e. The number of nitriles is 1. The first-order valence-corrected chi connectivity index (χ1v) is 9.61. The molecule has 2 aromatic rings. The zero-order valence-electron chi connectivity index (χ0n) is 13.9. The number of carbonyl (C=O) groups is 1. The highest BCUT2D eigenvalue weighted by Crippen LogP contribution is 2.29. The van der Waals surface area contributed by atoms with Crippen LogP contribution in [0.25, 0.3) is 0 Å². The minimum Gasteiger partial charge on any atom is -0.482 e. The van der Waals surface area contributed by atoms with E-state index in [-0.39, 0.29) is 18.9 Å². The number of thioether (sulfide) groups is 1. The van der Waals surface area contributed by atoms with E-state index in [0.29, 0.717) is 12.3 Å². The number of nitrogens with zero attached hydrogens (tertiary/aromatic N) is 1. The van der Waals surface area contributed by atoms with Crippen molar-refractivity contribution < 1.29 is 9.53 Å². The van der Waals surface area contributed by atoms with Crippen LogP contribution >= 0.6 is 27.7 Å². The van der Waals surface area contributed by atoms with Crippen molar-refractivity contribution in [2.24, 2.45) is 0 Å². The van der Waals surface area contributed by atoms with Gasteiger partial charge in [0.15, 0.2) is 6.61 Å². The Morgan fingerprint density at radius 2 is 2.04 bits per heavy atom. The van der Waals surface area contributed by atoms with E-state index in [1.54, 1.807) is 11.8 Å². The maximum Gasteiger partial charge on any atom is 0.257 e. The summed E-state index contributed by atoms with van der Waals surface area (Å²) >= 11 is 5.09. The van der Waals surface area contributed by atoms with Crippen LogP contribution in [-0.2, 0) is 11.2 Å². The zero-order chi connectivity index (χ0) is 18.1. The molecule has 2 aromatic carbocycles. The molecule has 0 aliphatic carbocycles. The molecule has 0 bridgehead atoms. The summed E-state index contributed by atoms with van der Waals surface area (Å²) in [6.07, 6.45) is 0.240. The minimum absolute atomic E-state index is 0.0732. The maximum atomic E-state index is 11.9. The van der Waals surface area contributed by atoms with E-state index >= 15 is 0 Å². The second kappa shape index (κ2) is 10.1. The summed E-state index contributed by atoms with van der Waals surface area (Å²) in [5.41, 5.74) is 2.00. The first kappa shape index (κ1) is 19.4. The lowest BCUT2D eigenvalue weighted by Crippen LogP contribution is -2.30. The van der Waals surface area contributed by atoms with E-state index in [0.717, 1.165) is 15.8 Å². The highest BCUT2D eigenvalue weighted by molar-refractivity contribution is 9.10. The molecule has 0 saturated heterocycles. The molecule has 0 unspecified atom stereocenters. The average Bonchev–Trinajstić information content (AvgIpc) is 2.60. The van der Waals surface area contributed by atoms with Gasteiger partial charge in [0.1, 0.15) is 5.75 Å². The predicted octanol–water partition coefficient (Wildman–Crippen LogP) is 4.11.